The first kappa shape index (κ1) is 15.5. The summed E-state index contributed by atoms with van der Waals surface area (Å²) in [6.45, 7) is 2.24. The molecule has 2 heterocycles. The molecule has 8 heteroatoms. The van der Waals surface area contributed by atoms with E-state index in [0.29, 0.717) is 19.6 Å². The molecule has 1 saturated heterocycles. The van der Waals surface area contributed by atoms with E-state index in [-0.39, 0.29) is 29.6 Å². The van der Waals surface area contributed by atoms with E-state index in [1.165, 1.54) is 13.2 Å². The maximum absolute atomic E-state index is 12.2. The van der Waals surface area contributed by atoms with Crippen molar-refractivity contribution in [3.8, 4) is 0 Å². The summed E-state index contributed by atoms with van der Waals surface area (Å²) in [6, 6.07) is 1.32. The number of hydrogen-bond donors (Lipinski definition) is 2. The van der Waals surface area contributed by atoms with Crippen LogP contribution in [-0.2, 0) is 26.1 Å². The minimum Gasteiger partial charge on any atom is -0.462 e. The molecule has 1 aromatic rings. The van der Waals surface area contributed by atoms with Gasteiger partial charge < -0.3 is 19.0 Å². The molecule has 0 aromatic carbocycles. The first-order valence-corrected chi connectivity index (χ1v) is 7.73. The quantitative estimate of drug-likeness (QED) is 0.777. The predicted molar refractivity (Wildman–Crippen MR) is 69.7 cm³/mol. The Morgan fingerprint density at radius 3 is 2.80 bits per heavy atom. The van der Waals surface area contributed by atoms with Gasteiger partial charge in [0.1, 0.15) is 28.6 Å². The van der Waals surface area contributed by atoms with Gasteiger partial charge in [-0.1, -0.05) is 0 Å². The molecular weight excluding hydrogens is 286 g/mol. The van der Waals surface area contributed by atoms with Crippen molar-refractivity contribution in [1.29, 1.82) is 0 Å². The molecule has 0 saturated carbocycles. The zero-order chi connectivity index (χ0) is 14.8. The number of ether oxygens (including phenoxy) is 2. The van der Waals surface area contributed by atoms with Gasteiger partial charge in [0.2, 0.25) is 10.0 Å². The van der Waals surface area contributed by atoms with Crippen molar-refractivity contribution in [3.63, 3.8) is 0 Å². The van der Waals surface area contributed by atoms with E-state index in [4.69, 9.17) is 19.0 Å². The number of methoxy groups -OCH3 is 1. The van der Waals surface area contributed by atoms with Crippen molar-refractivity contribution in [2.45, 2.75) is 30.4 Å². The number of nitrogens with one attached hydrogen (secondary N) is 1. The van der Waals surface area contributed by atoms with Crippen LogP contribution in [0.3, 0.4) is 0 Å². The third-order valence-electron chi connectivity index (χ3n) is 3.45. The summed E-state index contributed by atoms with van der Waals surface area (Å²) in [4.78, 5) is 0.0340. The molecule has 7 nitrogen and oxygen atoms in total. The van der Waals surface area contributed by atoms with Gasteiger partial charge in [0, 0.05) is 32.7 Å². The van der Waals surface area contributed by atoms with Gasteiger partial charge in [0.05, 0.1) is 6.61 Å². The SMILES string of the molecule is COC1(CNS(=O)(=O)c2cc(CO)oc2C)CCOC1. The average molecular weight is 305 g/mol. The third kappa shape index (κ3) is 3.04. The molecule has 1 aliphatic heterocycles. The van der Waals surface area contributed by atoms with Crippen molar-refractivity contribution < 1.29 is 27.4 Å². The van der Waals surface area contributed by atoms with Crippen molar-refractivity contribution >= 4 is 10.0 Å². The third-order valence-corrected chi connectivity index (χ3v) is 4.96. The van der Waals surface area contributed by atoms with E-state index in [0.717, 1.165) is 0 Å². The second kappa shape index (κ2) is 5.82. The van der Waals surface area contributed by atoms with E-state index >= 15 is 0 Å². The van der Waals surface area contributed by atoms with E-state index in [2.05, 4.69) is 4.72 Å². The summed E-state index contributed by atoms with van der Waals surface area (Å²) in [5.74, 6) is 0.462. The minimum atomic E-state index is -3.71. The molecule has 1 aromatic heterocycles. The highest BCUT2D eigenvalue weighted by atomic mass is 32.2. The van der Waals surface area contributed by atoms with E-state index in [1.807, 2.05) is 0 Å². The molecule has 0 aliphatic carbocycles. The van der Waals surface area contributed by atoms with Crippen molar-refractivity contribution in [2.24, 2.45) is 0 Å². The van der Waals surface area contributed by atoms with Crippen LogP contribution in [0.25, 0.3) is 0 Å². The molecule has 2 N–H and O–H groups in total. The van der Waals surface area contributed by atoms with Crippen molar-refractivity contribution in [1.82, 2.24) is 4.72 Å². The van der Waals surface area contributed by atoms with E-state index in [9.17, 15) is 8.42 Å². The molecule has 2 rings (SSSR count). The van der Waals surface area contributed by atoms with Gasteiger partial charge in [0.15, 0.2) is 0 Å². The number of rotatable bonds is 6. The number of aliphatic hydroxyl groups is 1. The van der Waals surface area contributed by atoms with Crippen LogP contribution >= 0.6 is 0 Å². The number of furan rings is 1. The fraction of sp³-hybridized carbons (Fsp3) is 0.667. The van der Waals surface area contributed by atoms with Crippen LogP contribution in [0.4, 0.5) is 0 Å². The highest BCUT2D eigenvalue weighted by molar-refractivity contribution is 7.89. The van der Waals surface area contributed by atoms with Gasteiger partial charge in [-0.25, -0.2) is 13.1 Å². The van der Waals surface area contributed by atoms with Crippen LogP contribution in [-0.4, -0.2) is 46.0 Å². The van der Waals surface area contributed by atoms with Crippen LogP contribution < -0.4 is 4.72 Å². The fourth-order valence-electron chi connectivity index (χ4n) is 2.13. The summed E-state index contributed by atoms with van der Waals surface area (Å²) in [5, 5.41) is 8.98. The molecule has 114 valence electrons. The highest BCUT2D eigenvalue weighted by Gasteiger charge is 2.36. The molecule has 20 heavy (non-hydrogen) atoms. The topological polar surface area (TPSA) is 98.0 Å². The minimum absolute atomic E-state index is 0.0340. The second-order valence-corrected chi connectivity index (χ2v) is 6.54. The molecule has 0 bridgehead atoms. The lowest BCUT2D eigenvalue weighted by molar-refractivity contribution is -0.0120. The standard InChI is InChI=1S/C12H19NO6S/c1-9-11(5-10(6-14)19-9)20(15,16)13-7-12(17-2)3-4-18-8-12/h5,13-14H,3-4,6-8H2,1-2H3. The summed E-state index contributed by atoms with van der Waals surface area (Å²) in [5.41, 5.74) is -0.621. The van der Waals surface area contributed by atoms with Crippen molar-refractivity contribution in [2.75, 3.05) is 26.9 Å². The van der Waals surface area contributed by atoms with Gasteiger partial charge in [-0.15, -0.1) is 0 Å². The second-order valence-electron chi connectivity index (χ2n) is 4.81. The van der Waals surface area contributed by atoms with Crippen LogP contribution in [0.2, 0.25) is 0 Å². The Kier molecular flexibility index (Phi) is 4.50. The maximum atomic E-state index is 12.2. The Morgan fingerprint density at radius 2 is 2.30 bits per heavy atom. The predicted octanol–water partition coefficient (Wildman–Crippen LogP) is 0.164. The first-order chi connectivity index (χ1) is 9.42. The lowest BCUT2D eigenvalue weighted by Gasteiger charge is -2.25. The Hall–Kier alpha value is -0.930. The molecular formula is C12H19NO6S. The monoisotopic (exact) mass is 305 g/mol. The van der Waals surface area contributed by atoms with Crippen molar-refractivity contribution in [3.05, 3.63) is 17.6 Å². The largest absolute Gasteiger partial charge is 0.462 e. The summed E-state index contributed by atoms with van der Waals surface area (Å²) >= 11 is 0. The number of aryl methyl sites for hydroxylation is 1. The highest BCUT2D eigenvalue weighted by Crippen LogP contribution is 2.24. The Balaban J connectivity index is 2.12. The van der Waals surface area contributed by atoms with Gasteiger partial charge >= 0.3 is 0 Å². The van der Waals surface area contributed by atoms with E-state index < -0.39 is 15.6 Å². The van der Waals surface area contributed by atoms with Gasteiger partial charge in [-0.3, -0.25) is 0 Å². The molecule has 1 unspecified atom stereocenters. The Bertz CT molecular complexity index is 559. The maximum Gasteiger partial charge on any atom is 0.244 e. The number of hydrogen-bond acceptors (Lipinski definition) is 6. The Morgan fingerprint density at radius 1 is 1.55 bits per heavy atom. The average Bonchev–Trinajstić information content (AvgIpc) is 3.04. The molecule has 0 spiro atoms. The first-order valence-electron chi connectivity index (χ1n) is 6.25. The molecule has 1 aliphatic rings. The lowest BCUT2D eigenvalue weighted by atomic mass is 10.0. The summed E-state index contributed by atoms with van der Waals surface area (Å²) in [6.07, 6.45) is 0.637. The van der Waals surface area contributed by atoms with E-state index in [1.54, 1.807) is 6.92 Å². The number of aliphatic hydroxyl groups excluding tert-OH is 1. The van der Waals surface area contributed by atoms with Crippen LogP contribution in [0.1, 0.15) is 17.9 Å². The number of sulfonamides is 1. The van der Waals surface area contributed by atoms with Gasteiger partial charge in [0.25, 0.3) is 0 Å². The Labute approximate surface area is 117 Å². The summed E-state index contributed by atoms with van der Waals surface area (Å²) < 4.78 is 42.8. The van der Waals surface area contributed by atoms with Crippen LogP contribution in [0.15, 0.2) is 15.4 Å². The zero-order valence-electron chi connectivity index (χ0n) is 11.5. The van der Waals surface area contributed by atoms with Crippen LogP contribution in [0.5, 0.6) is 0 Å². The fourth-order valence-corrected chi connectivity index (χ4v) is 3.45. The normalized spacial score (nSPS) is 23.4. The van der Waals surface area contributed by atoms with Gasteiger partial charge in [-0.2, -0.15) is 0 Å². The molecule has 0 radical (unpaired) electrons. The van der Waals surface area contributed by atoms with Gasteiger partial charge in [-0.05, 0) is 6.92 Å². The molecule has 1 atom stereocenters. The smallest absolute Gasteiger partial charge is 0.244 e. The molecule has 1 fully saturated rings. The lowest BCUT2D eigenvalue weighted by Crippen LogP contribution is -2.44. The summed E-state index contributed by atoms with van der Waals surface area (Å²) in [7, 11) is -2.17. The molecule has 0 amide bonds. The van der Waals surface area contributed by atoms with Crippen LogP contribution in [0, 0.1) is 6.92 Å². The zero-order valence-corrected chi connectivity index (χ0v) is 12.3.